The first-order valence-electron chi connectivity index (χ1n) is 9.08. The normalized spacial score (nSPS) is 15.7. The lowest BCUT2D eigenvalue weighted by atomic mass is 10.2. The summed E-state index contributed by atoms with van der Waals surface area (Å²) in [5.74, 6) is 0.936. The van der Waals surface area contributed by atoms with Crippen molar-refractivity contribution in [1.82, 2.24) is 15.5 Å². The Labute approximate surface area is 158 Å². The zero-order chi connectivity index (χ0) is 19.5. The minimum atomic E-state index is -2.92. The second-order valence-corrected chi connectivity index (χ2v) is 5.86. The largest absolute Gasteiger partial charge is 0.490 e. The summed E-state index contributed by atoms with van der Waals surface area (Å²) in [6.45, 7) is 4.47. The average molecular weight is 386 g/mol. The van der Waals surface area contributed by atoms with Crippen molar-refractivity contribution < 1.29 is 23.0 Å². The molecule has 1 heterocycles. The van der Waals surface area contributed by atoms with E-state index < -0.39 is 6.61 Å². The average Bonchev–Trinajstić information content (AvgIpc) is 2.67. The number of morpholine rings is 1. The predicted molar refractivity (Wildman–Crippen MR) is 99.7 cm³/mol. The lowest BCUT2D eigenvalue weighted by Gasteiger charge is -2.26. The van der Waals surface area contributed by atoms with Crippen molar-refractivity contribution in [2.24, 2.45) is 4.99 Å². The van der Waals surface area contributed by atoms with Crippen LogP contribution < -0.4 is 20.1 Å². The lowest BCUT2D eigenvalue weighted by Crippen LogP contribution is -2.44. The fraction of sp³-hybridized carbons (Fsp3) is 0.611. The molecule has 0 saturated carbocycles. The van der Waals surface area contributed by atoms with Gasteiger partial charge in [-0.1, -0.05) is 12.1 Å². The highest BCUT2D eigenvalue weighted by Gasteiger charge is 2.16. The number of halogens is 2. The van der Waals surface area contributed by atoms with Crippen LogP contribution in [-0.4, -0.2) is 70.5 Å². The van der Waals surface area contributed by atoms with Crippen molar-refractivity contribution >= 4 is 5.96 Å². The van der Waals surface area contributed by atoms with Crippen molar-refractivity contribution in [3.05, 3.63) is 23.8 Å². The molecule has 7 nitrogen and oxygen atoms in total. The van der Waals surface area contributed by atoms with Gasteiger partial charge in [-0.05, 0) is 13.0 Å². The van der Waals surface area contributed by atoms with E-state index in [1.165, 1.54) is 0 Å². The van der Waals surface area contributed by atoms with Crippen molar-refractivity contribution in [2.45, 2.75) is 20.1 Å². The van der Waals surface area contributed by atoms with Crippen molar-refractivity contribution in [3.63, 3.8) is 0 Å². The highest BCUT2D eigenvalue weighted by molar-refractivity contribution is 5.79. The number of nitrogens with one attached hydrogen (secondary N) is 2. The van der Waals surface area contributed by atoms with Crippen molar-refractivity contribution in [2.75, 3.05) is 53.0 Å². The molecule has 1 saturated heterocycles. The number of hydrogen-bond acceptors (Lipinski definition) is 5. The maximum Gasteiger partial charge on any atom is 0.387 e. The van der Waals surface area contributed by atoms with E-state index in [1.54, 1.807) is 32.2 Å². The van der Waals surface area contributed by atoms with Gasteiger partial charge in [-0.3, -0.25) is 9.89 Å². The predicted octanol–water partition coefficient (Wildman–Crippen LogP) is 1.68. The number of hydrogen-bond donors (Lipinski definition) is 2. The molecule has 0 amide bonds. The Hall–Kier alpha value is -2.13. The Bertz CT molecular complexity index is 596. The number of para-hydroxylation sites is 1. The number of benzene rings is 1. The first-order valence-corrected chi connectivity index (χ1v) is 9.08. The number of nitrogens with zero attached hydrogens (tertiary/aromatic N) is 2. The van der Waals surface area contributed by atoms with Gasteiger partial charge in [0.25, 0.3) is 0 Å². The van der Waals surface area contributed by atoms with Crippen LogP contribution in [0.25, 0.3) is 0 Å². The highest BCUT2D eigenvalue weighted by atomic mass is 19.3. The molecule has 0 radical (unpaired) electrons. The van der Waals surface area contributed by atoms with Crippen LogP contribution in [0.4, 0.5) is 8.78 Å². The van der Waals surface area contributed by atoms with Crippen molar-refractivity contribution in [3.8, 4) is 11.5 Å². The molecule has 0 bridgehead atoms. The molecule has 152 valence electrons. The van der Waals surface area contributed by atoms with Gasteiger partial charge in [-0.15, -0.1) is 0 Å². The number of ether oxygens (including phenoxy) is 3. The summed E-state index contributed by atoms with van der Waals surface area (Å²) in [5.41, 5.74) is 0.567. The third-order valence-corrected chi connectivity index (χ3v) is 4.06. The van der Waals surface area contributed by atoms with Gasteiger partial charge in [-0.2, -0.15) is 8.78 Å². The molecule has 1 aromatic rings. The maximum absolute atomic E-state index is 12.8. The molecule has 0 aromatic heterocycles. The van der Waals surface area contributed by atoms with Crippen LogP contribution in [0, 0.1) is 0 Å². The summed E-state index contributed by atoms with van der Waals surface area (Å²) in [5, 5.41) is 6.34. The van der Waals surface area contributed by atoms with E-state index in [-0.39, 0.29) is 12.3 Å². The van der Waals surface area contributed by atoms with E-state index in [2.05, 4.69) is 25.3 Å². The number of alkyl halides is 2. The van der Waals surface area contributed by atoms with E-state index in [4.69, 9.17) is 9.47 Å². The van der Waals surface area contributed by atoms with Crippen LogP contribution in [-0.2, 0) is 11.3 Å². The molecule has 0 aliphatic carbocycles. The van der Waals surface area contributed by atoms with Crippen molar-refractivity contribution in [1.29, 1.82) is 0 Å². The summed E-state index contributed by atoms with van der Waals surface area (Å²) in [4.78, 5) is 6.48. The topological polar surface area (TPSA) is 67.4 Å². The first kappa shape index (κ1) is 21.2. The second kappa shape index (κ2) is 11.6. The number of rotatable bonds is 9. The Kier molecular flexibility index (Phi) is 9.06. The van der Waals surface area contributed by atoms with Crippen LogP contribution in [0.1, 0.15) is 12.5 Å². The Morgan fingerprint density at radius 1 is 1.30 bits per heavy atom. The molecular formula is C18H28F2N4O3. The molecular weight excluding hydrogens is 358 g/mol. The van der Waals surface area contributed by atoms with E-state index in [0.717, 1.165) is 39.4 Å². The van der Waals surface area contributed by atoms with Gasteiger partial charge in [0.15, 0.2) is 17.5 Å². The molecule has 0 atom stereocenters. The molecule has 1 fully saturated rings. The Balaban J connectivity index is 1.89. The molecule has 0 unspecified atom stereocenters. The van der Waals surface area contributed by atoms with Gasteiger partial charge >= 0.3 is 6.61 Å². The van der Waals surface area contributed by atoms with Crippen LogP contribution >= 0.6 is 0 Å². The third kappa shape index (κ3) is 7.18. The summed E-state index contributed by atoms with van der Waals surface area (Å²) < 4.78 is 41.0. The van der Waals surface area contributed by atoms with Crippen LogP contribution in [0.15, 0.2) is 23.2 Å². The van der Waals surface area contributed by atoms with E-state index in [9.17, 15) is 8.78 Å². The summed E-state index contributed by atoms with van der Waals surface area (Å²) in [6, 6.07) is 5.07. The minimum absolute atomic E-state index is 0.0469. The standard InChI is InChI=1S/C18H28F2N4O3/c1-3-26-15-6-4-5-14(16(15)27-17(19)20)13-23-18(21-2)22-7-8-24-9-11-25-12-10-24/h4-6,17H,3,7-13H2,1-2H3,(H2,21,22,23). The summed E-state index contributed by atoms with van der Waals surface area (Å²) in [6.07, 6.45) is 0. The van der Waals surface area contributed by atoms with E-state index >= 15 is 0 Å². The molecule has 1 aromatic carbocycles. The van der Waals surface area contributed by atoms with Gasteiger partial charge in [-0.25, -0.2) is 0 Å². The summed E-state index contributed by atoms with van der Waals surface area (Å²) in [7, 11) is 1.66. The van der Waals surface area contributed by atoms with Crippen LogP contribution in [0.2, 0.25) is 0 Å². The van der Waals surface area contributed by atoms with Gasteiger partial charge in [0, 0.05) is 45.3 Å². The van der Waals surface area contributed by atoms with E-state index in [0.29, 0.717) is 23.9 Å². The molecule has 0 spiro atoms. The van der Waals surface area contributed by atoms with Gasteiger partial charge in [0.05, 0.1) is 19.8 Å². The zero-order valence-electron chi connectivity index (χ0n) is 15.8. The molecule has 2 rings (SSSR count). The van der Waals surface area contributed by atoms with Gasteiger partial charge in [0.2, 0.25) is 0 Å². The third-order valence-electron chi connectivity index (χ3n) is 4.06. The second-order valence-electron chi connectivity index (χ2n) is 5.86. The van der Waals surface area contributed by atoms with E-state index in [1.807, 2.05) is 0 Å². The van der Waals surface area contributed by atoms with Crippen LogP contribution in [0.3, 0.4) is 0 Å². The fourth-order valence-corrected chi connectivity index (χ4v) is 2.75. The lowest BCUT2D eigenvalue weighted by molar-refractivity contribution is -0.0520. The number of aliphatic imine (C=N–C) groups is 1. The summed E-state index contributed by atoms with van der Waals surface area (Å²) >= 11 is 0. The molecule has 1 aliphatic rings. The quantitative estimate of drug-likeness (QED) is 0.497. The number of guanidine groups is 1. The highest BCUT2D eigenvalue weighted by Crippen LogP contribution is 2.32. The van der Waals surface area contributed by atoms with Gasteiger partial charge < -0.3 is 24.8 Å². The Morgan fingerprint density at radius 3 is 2.74 bits per heavy atom. The fourth-order valence-electron chi connectivity index (χ4n) is 2.75. The Morgan fingerprint density at radius 2 is 2.07 bits per heavy atom. The zero-order valence-corrected chi connectivity index (χ0v) is 15.8. The van der Waals surface area contributed by atoms with Gasteiger partial charge in [0.1, 0.15) is 0 Å². The maximum atomic E-state index is 12.8. The molecule has 9 heteroatoms. The smallest absolute Gasteiger partial charge is 0.387 e. The minimum Gasteiger partial charge on any atom is -0.490 e. The van der Waals surface area contributed by atoms with Crippen LogP contribution in [0.5, 0.6) is 11.5 Å². The SMILES string of the molecule is CCOc1cccc(CNC(=NC)NCCN2CCOCC2)c1OC(F)F. The molecule has 1 aliphatic heterocycles. The monoisotopic (exact) mass is 386 g/mol. The first-order chi connectivity index (χ1) is 13.1. The molecule has 27 heavy (non-hydrogen) atoms. The molecule has 2 N–H and O–H groups in total.